The number of halogens is 1. The van der Waals surface area contributed by atoms with Crippen LogP contribution in [0.1, 0.15) is 81.5 Å². The normalized spacial score (nSPS) is 17.3. The van der Waals surface area contributed by atoms with Crippen molar-refractivity contribution in [2.24, 2.45) is 0 Å². The summed E-state index contributed by atoms with van der Waals surface area (Å²) in [5, 5.41) is 0.165. The van der Waals surface area contributed by atoms with Crippen molar-refractivity contribution in [1.29, 1.82) is 0 Å². The lowest BCUT2D eigenvalue weighted by atomic mass is 9.79. The van der Waals surface area contributed by atoms with Crippen LogP contribution in [0.4, 0.5) is 10.1 Å². The molecule has 7 heteroatoms. The topological polar surface area (TPSA) is 34.2 Å². The number of hydrogen-bond donors (Lipinski definition) is 0. The Morgan fingerprint density at radius 2 is 1.70 bits per heavy atom. The second-order valence-corrected chi connectivity index (χ2v) is 19.4. The van der Waals surface area contributed by atoms with Crippen molar-refractivity contribution in [3.05, 3.63) is 82.7 Å². The molecule has 46 heavy (non-hydrogen) atoms. The van der Waals surface area contributed by atoms with Gasteiger partial charge in [0.1, 0.15) is 18.1 Å². The molecule has 5 nitrogen and oxygen atoms in total. The van der Waals surface area contributed by atoms with Gasteiger partial charge in [-0.15, -0.1) is 0 Å². The number of rotatable bonds is 12. The van der Waals surface area contributed by atoms with Crippen molar-refractivity contribution in [3.8, 4) is 17.2 Å². The van der Waals surface area contributed by atoms with Crippen molar-refractivity contribution in [2.75, 3.05) is 44.8 Å². The SMILES string of the molecule is CCN(Cc1ccc(OCCN2CCCCC2)c(F)c1)c1cc(OC)ccc1C1CCc2cc(O[Si](C)(C)C(C)(C)C)ccc2C1. The summed E-state index contributed by atoms with van der Waals surface area (Å²) in [6, 6.07) is 18.6. The third-order valence-electron chi connectivity index (χ3n) is 10.5. The van der Waals surface area contributed by atoms with Gasteiger partial charge in [0.05, 0.1) is 7.11 Å². The molecule has 1 atom stereocenters. The van der Waals surface area contributed by atoms with E-state index in [1.807, 2.05) is 6.07 Å². The summed E-state index contributed by atoms with van der Waals surface area (Å²) in [4.78, 5) is 4.75. The van der Waals surface area contributed by atoms with Crippen molar-refractivity contribution in [2.45, 2.75) is 96.8 Å². The Kier molecular flexibility index (Phi) is 11.0. The minimum atomic E-state index is -1.89. The van der Waals surface area contributed by atoms with Crippen LogP contribution >= 0.6 is 0 Å². The molecular formula is C39H55FN2O3Si. The van der Waals surface area contributed by atoms with Gasteiger partial charge in [0.15, 0.2) is 11.6 Å². The molecule has 3 aromatic rings. The first kappa shape index (κ1) is 34.3. The Labute approximate surface area is 278 Å². The Morgan fingerprint density at radius 1 is 0.935 bits per heavy atom. The summed E-state index contributed by atoms with van der Waals surface area (Å²) in [6.45, 7) is 18.6. The quantitative estimate of drug-likeness (QED) is 0.183. The lowest BCUT2D eigenvalue weighted by Crippen LogP contribution is -2.43. The van der Waals surface area contributed by atoms with Gasteiger partial charge in [-0.25, -0.2) is 4.39 Å². The number of likely N-dealkylation sites (tertiary alicyclic amines) is 1. The van der Waals surface area contributed by atoms with Crippen LogP contribution < -0.4 is 18.8 Å². The standard InChI is InChI=1S/C39H55FN2O3Si/c1-8-42(28-29-12-19-38(36(40)24-29)44-23-22-41-20-10-9-11-21-41)37-27-33(43-5)17-18-35(37)32-14-13-31-26-34(16-15-30(31)25-32)45-46(6,7)39(2,3)4/h12,15-19,24,26-27,32H,8-11,13-14,20-23,25,28H2,1-7H3. The average molecular weight is 647 g/mol. The van der Waals surface area contributed by atoms with E-state index in [0.29, 0.717) is 24.8 Å². The summed E-state index contributed by atoms with van der Waals surface area (Å²) in [7, 11) is -0.175. The van der Waals surface area contributed by atoms with Gasteiger partial charge in [0, 0.05) is 31.4 Å². The molecule has 0 aromatic heterocycles. The predicted octanol–water partition coefficient (Wildman–Crippen LogP) is 9.38. The fourth-order valence-corrected chi connectivity index (χ4v) is 7.62. The third kappa shape index (κ3) is 8.27. The van der Waals surface area contributed by atoms with Crippen LogP contribution in [0.15, 0.2) is 54.6 Å². The van der Waals surface area contributed by atoms with E-state index in [0.717, 1.165) is 68.2 Å². The van der Waals surface area contributed by atoms with Crippen LogP contribution in [0.3, 0.4) is 0 Å². The van der Waals surface area contributed by atoms with E-state index in [9.17, 15) is 0 Å². The number of fused-ring (bicyclic) bond motifs is 1. The van der Waals surface area contributed by atoms with Gasteiger partial charge < -0.3 is 18.8 Å². The minimum Gasteiger partial charge on any atom is -0.543 e. The maximum atomic E-state index is 15.2. The molecular weight excluding hydrogens is 592 g/mol. The zero-order valence-corrected chi connectivity index (χ0v) is 30.3. The van der Waals surface area contributed by atoms with E-state index in [-0.39, 0.29) is 10.9 Å². The van der Waals surface area contributed by atoms with Crippen molar-refractivity contribution in [1.82, 2.24) is 4.90 Å². The van der Waals surface area contributed by atoms with E-state index in [4.69, 9.17) is 13.9 Å². The van der Waals surface area contributed by atoms with Crippen LogP contribution in [0.5, 0.6) is 17.2 Å². The largest absolute Gasteiger partial charge is 0.543 e. The number of anilines is 1. The van der Waals surface area contributed by atoms with Crippen molar-refractivity contribution < 1.29 is 18.3 Å². The molecule has 0 spiro atoms. The van der Waals surface area contributed by atoms with E-state index in [2.05, 4.69) is 87.0 Å². The molecule has 0 N–H and O–H groups in total. The van der Waals surface area contributed by atoms with Gasteiger partial charge in [-0.2, -0.15) is 0 Å². The predicted molar refractivity (Wildman–Crippen MR) is 191 cm³/mol. The van der Waals surface area contributed by atoms with Crippen molar-refractivity contribution >= 4 is 14.0 Å². The Balaban J connectivity index is 1.29. The second kappa shape index (κ2) is 14.8. The number of hydrogen-bond acceptors (Lipinski definition) is 5. The van der Waals surface area contributed by atoms with Gasteiger partial charge in [-0.3, -0.25) is 4.90 Å². The molecule has 1 heterocycles. The van der Waals surface area contributed by atoms with E-state index < -0.39 is 8.32 Å². The molecule has 5 rings (SSSR count). The summed E-state index contributed by atoms with van der Waals surface area (Å²) in [6.07, 6.45) is 6.89. The zero-order chi connectivity index (χ0) is 32.9. The maximum Gasteiger partial charge on any atom is 0.250 e. The van der Waals surface area contributed by atoms with Crippen LogP contribution in [0.2, 0.25) is 18.1 Å². The van der Waals surface area contributed by atoms with Gasteiger partial charge >= 0.3 is 0 Å². The van der Waals surface area contributed by atoms with Gasteiger partial charge in [0.2, 0.25) is 8.32 Å². The monoisotopic (exact) mass is 646 g/mol. The van der Waals surface area contributed by atoms with Crippen LogP contribution in [0, 0.1) is 5.82 Å². The fourth-order valence-electron chi connectivity index (χ4n) is 6.59. The Morgan fingerprint density at radius 3 is 2.39 bits per heavy atom. The van der Waals surface area contributed by atoms with Crippen LogP contribution in [0.25, 0.3) is 0 Å². The summed E-state index contributed by atoms with van der Waals surface area (Å²) >= 11 is 0. The van der Waals surface area contributed by atoms with Gasteiger partial charge in [0.25, 0.3) is 0 Å². The first-order chi connectivity index (χ1) is 22.0. The molecule has 0 saturated carbocycles. The third-order valence-corrected chi connectivity index (χ3v) is 14.8. The first-order valence-electron chi connectivity index (χ1n) is 17.3. The highest BCUT2D eigenvalue weighted by atomic mass is 28.4. The van der Waals surface area contributed by atoms with Crippen LogP contribution in [-0.2, 0) is 19.4 Å². The molecule has 0 bridgehead atoms. The molecule has 0 amide bonds. The molecule has 250 valence electrons. The highest BCUT2D eigenvalue weighted by Crippen LogP contribution is 2.42. The van der Waals surface area contributed by atoms with Crippen LogP contribution in [-0.4, -0.2) is 53.1 Å². The lowest BCUT2D eigenvalue weighted by molar-refractivity contribution is 0.180. The summed E-state index contributed by atoms with van der Waals surface area (Å²) in [5.41, 5.74) is 6.23. The molecule has 1 aliphatic carbocycles. The number of aryl methyl sites for hydroxylation is 1. The molecule has 1 saturated heterocycles. The van der Waals surface area contributed by atoms with E-state index in [1.165, 1.54) is 36.0 Å². The molecule has 2 aliphatic rings. The number of nitrogens with zero attached hydrogens (tertiary/aromatic N) is 2. The van der Waals surface area contributed by atoms with Crippen molar-refractivity contribution in [3.63, 3.8) is 0 Å². The number of methoxy groups -OCH3 is 1. The summed E-state index contributed by atoms with van der Waals surface area (Å²) in [5.74, 6) is 2.28. The lowest BCUT2D eigenvalue weighted by Gasteiger charge is -2.37. The Bertz CT molecular complexity index is 1460. The molecule has 3 aromatic carbocycles. The smallest absolute Gasteiger partial charge is 0.250 e. The minimum absolute atomic E-state index is 0.165. The molecule has 1 aliphatic heterocycles. The number of benzene rings is 3. The van der Waals surface area contributed by atoms with Gasteiger partial charge in [-0.1, -0.05) is 45.4 Å². The summed E-state index contributed by atoms with van der Waals surface area (Å²) < 4.78 is 33.4. The number of ether oxygens (including phenoxy) is 2. The molecule has 1 fully saturated rings. The highest BCUT2D eigenvalue weighted by Gasteiger charge is 2.39. The first-order valence-corrected chi connectivity index (χ1v) is 20.3. The molecule has 1 unspecified atom stereocenters. The number of piperidine rings is 1. The van der Waals surface area contributed by atoms with E-state index >= 15 is 4.39 Å². The average Bonchev–Trinajstić information content (AvgIpc) is 3.04. The highest BCUT2D eigenvalue weighted by molar-refractivity contribution is 6.74. The fraction of sp³-hybridized carbons (Fsp3) is 0.538. The maximum absolute atomic E-state index is 15.2. The zero-order valence-electron chi connectivity index (χ0n) is 29.3. The van der Waals surface area contributed by atoms with Gasteiger partial charge in [-0.05, 0) is 129 Å². The van der Waals surface area contributed by atoms with E-state index in [1.54, 1.807) is 19.2 Å². The Hall–Kier alpha value is -3.03. The second-order valence-electron chi connectivity index (χ2n) is 14.7. The molecule has 0 radical (unpaired) electrons.